The molecular formula is C43H73NO34. The molecule has 35 nitrogen and oxygen atoms in total. The highest BCUT2D eigenvalue weighted by Crippen LogP contribution is 2.39. The number of ether oxygens (including phenoxy) is 13. The van der Waals surface area contributed by atoms with Gasteiger partial charge < -0.3 is 169 Å². The molecule has 7 rings (SSSR count). The van der Waals surface area contributed by atoms with E-state index in [0.29, 0.717) is 0 Å². The maximum atomic E-state index is 12.9. The van der Waals surface area contributed by atoms with Crippen LogP contribution >= 0.6 is 0 Å². The lowest BCUT2D eigenvalue weighted by molar-refractivity contribution is -0.400. The summed E-state index contributed by atoms with van der Waals surface area (Å²) >= 11 is 0. The van der Waals surface area contributed by atoms with E-state index < -0.39 is 254 Å². The minimum atomic E-state index is -2.25. The number of carbonyl (C=O) groups is 1. The Morgan fingerprint density at radius 3 is 1.27 bits per heavy atom. The van der Waals surface area contributed by atoms with Crippen LogP contribution in [0.2, 0.25) is 0 Å². The summed E-state index contributed by atoms with van der Waals surface area (Å²) in [7, 11) is 0. The molecule has 7 aliphatic rings. The average Bonchev–Trinajstić information content (AvgIpc) is 3.76. The fourth-order valence-corrected chi connectivity index (χ4v) is 10.0. The summed E-state index contributed by atoms with van der Waals surface area (Å²) in [6, 6.07) is -1.88. The molecule has 0 aromatic heterocycles. The van der Waals surface area contributed by atoms with Crippen molar-refractivity contribution in [2.75, 3.05) is 39.6 Å². The van der Waals surface area contributed by atoms with E-state index in [-0.39, 0.29) is 0 Å². The highest BCUT2D eigenvalue weighted by Gasteiger charge is 2.59. The lowest BCUT2D eigenvalue weighted by atomic mass is 9.94. The second-order valence-electron chi connectivity index (χ2n) is 19.8. The van der Waals surface area contributed by atoms with Crippen LogP contribution in [0.1, 0.15) is 13.8 Å². The molecule has 0 bridgehead atoms. The van der Waals surface area contributed by atoms with Crippen LogP contribution in [-0.4, -0.2) is 356 Å². The van der Waals surface area contributed by atoms with Crippen molar-refractivity contribution >= 4 is 5.91 Å². The quantitative estimate of drug-likeness (QED) is 0.0571. The van der Waals surface area contributed by atoms with Crippen molar-refractivity contribution < 1.29 is 169 Å². The fourth-order valence-electron chi connectivity index (χ4n) is 10.0. The second kappa shape index (κ2) is 27.2. The largest absolute Gasteiger partial charge is 0.394 e. The van der Waals surface area contributed by atoms with Gasteiger partial charge in [-0.15, -0.1) is 0 Å². The summed E-state index contributed by atoms with van der Waals surface area (Å²) < 4.78 is 75.5. The standard InChI is InChI=1S/C43H73NO34/c1-9-18(51)24(57)29(62)40(67-9)77-35-31(64)37(65)68-15(7-49)33(35)75-38-17(44-10(2)50)23(56)32(14(6-48)72-38)74-43-36(78-41-27(60)21(54)13(5-47)71-41)34(76-42-30(63)26(59)20(53)12(4-46)70-42)22(55)16(73-43)8-66-39-28(61)25(58)19(52)11(3-45)69-39/h9,11-43,45-49,51-65H,3-8H2,1-2H3,(H,44,50)/t9-,11+,12+,13+,14+,15?,16+,17+,18+,19+,20+,21-,22+,23+,24+,25-,26-,27+,28-,29-,30-,31?,32+,33?,34-,35?,36-,37?,38-,39-,40-,41-,42+,43-/m0/s1. The van der Waals surface area contributed by atoms with E-state index in [2.05, 4.69) is 5.32 Å². The summed E-state index contributed by atoms with van der Waals surface area (Å²) in [5.41, 5.74) is 0. The molecule has 21 N–H and O–H groups in total. The van der Waals surface area contributed by atoms with Crippen LogP contribution in [-0.2, 0) is 66.4 Å². The molecule has 454 valence electrons. The molecule has 0 spiro atoms. The first-order chi connectivity index (χ1) is 36.9. The van der Waals surface area contributed by atoms with Crippen molar-refractivity contribution in [1.82, 2.24) is 5.32 Å². The Kier molecular flexibility index (Phi) is 22.3. The van der Waals surface area contributed by atoms with Crippen LogP contribution in [0, 0.1) is 0 Å². The Hall–Kier alpha value is -1.85. The van der Waals surface area contributed by atoms with Gasteiger partial charge in [0.2, 0.25) is 5.91 Å². The fraction of sp³-hybridized carbons (Fsp3) is 0.977. The van der Waals surface area contributed by atoms with Crippen LogP contribution in [0.25, 0.3) is 0 Å². The molecule has 78 heavy (non-hydrogen) atoms. The zero-order chi connectivity index (χ0) is 57.3. The van der Waals surface area contributed by atoms with E-state index >= 15 is 0 Å². The maximum Gasteiger partial charge on any atom is 0.217 e. The minimum absolute atomic E-state index is 0.896. The molecule has 7 saturated heterocycles. The van der Waals surface area contributed by atoms with Gasteiger partial charge in [-0.1, -0.05) is 0 Å². The number of hydrogen-bond acceptors (Lipinski definition) is 34. The summed E-state index contributed by atoms with van der Waals surface area (Å²) in [6.45, 7) is -3.61. The summed E-state index contributed by atoms with van der Waals surface area (Å²) in [4.78, 5) is 12.9. The first-order valence-corrected chi connectivity index (χ1v) is 24.9. The van der Waals surface area contributed by atoms with Crippen molar-refractivity contribution in [3.05, 3.63) is 0 Å². The van der Waals surface area contributed by atoms with Gasteiger partial charge in [-0.2, -0.15) is 0 Å². The van der Waals surface area contributed by atoms with Gasteiger partial charge in [0.05, 0.1) is 45.7 Å². The van der Waals surface area contributed by atoms with Gasteiger partial charge in [-0.25, -0.2) is 0 Å². The lowest BCUT2D eigenvalue weighted by Gasteiger charge is -2.51. The molecule has 0 aromatic carbocycles. The number of amides is 1. The number of aliphatic hydroxyl groups is 20. The van der Waals surface area contributed by atoms with Crippen LogP contribution in [0.3, 0.4) is 0 Å². The van der Waals surface area contributed by atoms with E-state index in [9.17, 15) is 107 Å². The average molecular weight is 1150 g/mol. The van der Waals surface area contributed by atoms with Crippen LogP contribution in [0.4, 0.5) is 0 Å². The number of nitrogens with one attached hydrogen (secondary N) is 1. The van der Waals surface area contributed by atoms with Crippen molar-refractivity contribution in [2.24, 2.45) is 0 Å². The van der Waals surface area contributed by atoms with Gasteiger partial charge >= 0.3 is 0 Å². The zero-order valence-electron chi connectivity index (χ0n) is 41.5. The number of rotatable bonds is 19. The normalized spacial score (nSPS) is 52.3. The summed E-state index contributed by atoms with van der Waals surface area (Å²) in [6.07, 6.45) is -63.7. The molecule has 35 heteroatoms. The third-order valence-electron chi connectivity index (χ3n) is 14.5. The van der Waals surface area contributed by atoms with Crippen molar-refractivity contribution in [1.29, 1.82) is 0 Å². The van der Waals surface area contributed by atoms with E-state index in [1.807, 2.05) is 0 Å². The molecule has 0 saturated carbocycles. The number of carbonyl (C=O) groups excluding carboxylic acids is 1. The van der Waals surface area contributed by atoms with Crippen molar-refractivity contribution in [3.8, 4) is 0 Å². The Bertz CT molecular complexity index is 1870. The van der Waals surface area contributed by atoms with Crippen molar-refractivity contribution in [2.45, 2.75) is 223 Å². The Morgan fingerprint density at radius 1 is 0.359 bits per heavy atom. The lowest BCUT2D eigenvalue weighted by Crippen LogP contribution is -2.70. The Morgan fingerprint density at radius 2 is 0.744 bits per heavy atom. The zero-order valence-corrected chi connectivity index (χ0v) is 41.5. The molecule has 0 aliphatic carbocycles. The predicted molar refractivity (Wildman–Crippen MR) is 236 cm³/mol. The summed E-state index contributed by atoms with van der Waals surface area (Å²) in [5.74, 6) is -0.902. The maximum absolute atomic E-state index is 12.9. The van der Waals surface area contributed by atoms with E-state index in [1.54, 1.807) is 0 Å². The van der Waals surface area contributed by atoms with E-state index in [0.717, 1.165) is 6.92 Å². The first kappa shape index (κ1) is 63.7. The van der Waals surface area contributed by atoms with Gasteiger partial charge in [-0.05, 0) is 6.92 Å². The third kappa shape index (κ3) is 13.2. The number of hydrogen-bond donors (Lipinski definition) is 21. The van der Waals surface area contributed by atoms with Gasteiger partial charge in [-0.3, -0.25) is 4.79 Å². The molecule has 7 heterocycles. The smallest absolute Gasteiger partial charge is 0.217 e. The van der Waals surface area contributed by atoms with Gasteiger partial charge in [0.15, 0.2) is 44.0 Å². The molecule has 5 unspecified atom stereocenters. The Labute approximate surface area is 441 Å². The first-order valence-electron chi connectivity index (χ1n) is 24.9. The number of aliphatic hydroxyl groups excluding tert-OH is 20. The van der Waals surface area contributed by atoms with Crippen molar-refractivity contribution in [3.63, 3.8) is 0 Å². The molecule has 7 aliphatic heterocycles. The monoisotopic (exact) mass is 1150 g/mol. The van der Waals surface area contributed by atoms with Gasteiger partial charge in [0.25, 0.3) is 0 Å². The highest BCUT2D eigenvalue weighted by molar-refractivity contribution is 5.73. The SMILES string of the molecule is CC(=O)N[C@H]1[C@H](OC2C(CO)OC(O)C(O)C2O[C@@H]2O[C@@H](C)[C@@H](O)[C@@H](O)[C@@H]2O)O[C@H](CO)[C@@H](O[C@@H]2O[C@H](CO[C@H]3O[C@H](CO)[C@@H](O)[C@H](O)[C@@H]3O)[C@@H](O)[C@H](O[C@H]3O[C@H](CO)[C@@H](O)[C@H](O)[C@@H]3O)[C@@H]2O[C@@H]2O[C@H](CO)[C@H](O)[C@H]2O)[C@@H]1O. The van der Waals surface area contributed by atoms with Gasteiger partial charge in [0, 0.05) is 6.92 Å². The topological polar surface area (TPSA) is 554 Å². The minimum Gasteiger partial charge on any atom is -0.394 e. The third-order valence-corrected chi connectivity index (χ3v) is 14.5. The summed E-state index contributed by atoms with van der Waals surface area (Å²) in [5, 5.41) is 217. The molecule has 34 atom stereocenters. The predicted octanol–water partition coefficient (Wildman–Crippen LogP) is -14.5. The highest BCUT2D eigenvalue weighted by atomic mass is 16.8. The molecular weight excluding hydrogens is 1070 g/mol. The van der Waals surface area contributed by atoms with Gasteiger partial charge in [0.1, 0.15) is 159 Å². The van der Waals surface area contributed by atoms with Crippen LogP contribution in [0.15, 0.2) is 0 Å². The van der Waals surface area contributed by atoms with Crippen LogP contribution in [0.5, 0.6) is 0 Å². The molecule has 1 amide bonds. The molecule has 0 aromatic rings. The second-order valence-corrected chi connectivity index (χ2v) is 19.8. The molecule has 0 radical (unpaired) electrons. The van der Waals surface area contributed by atoms with E-state index in [4.69, 9.17) is 61.6 Å². The van der Waals surface area contributed by atoms with E-state index in [1.165, 1.54) is 6.92 Å². The van der Waals surface area contributed by atoms with Crippen LogP contribution < -0.4 is 5.32 Å². The Balaban J connectivity index is 1.24. The molecule has 7 fully saturated rings.